The molecular formula is C19H20ClNO7. The summed E-state index contributed by atoms with van der Waals surface area (Å²) in [5.41, 5.74) is 1.08. The van der Waals surface area contributed by atoms with E-state index in [4.69, 9.17) is 45.6 Å². The molecular weight excluding hydrogens is 390 g/mol. The van der Waals surface area contributed by atoms with Crippen molar-refractivity contribution >= 4 is 23.5 Å². The monoisotopic (exact) mass is 409 g/mol. The minimum absolute atomic E-state index is 0.0829. The molecule has 9 heteroatoms. The van der Waals surface area contributed by atoms with Crippen LogP contribution in [-0.4, -0.2) is 42.5 Å². The van der Waals surface area contributed by atoms with Gasteiger partial charge in [-0.3, -0.25) is 0 Å². The van der Waals surface area contributed by atoms with Gasteiger partial charge in [0.1, 0.15) is 6.10 Å². The highest BCUT2D eigenvalue weighted by Crippen LogP contribution is 2.42. The molecule has 1 aliphatic heterocycles. The van der Waals surface area contributed by atoms with Gasteiger partial charge in [-0.1, -0.05) is 29.8 Å². The minimum atomic E-state index is -1.82. The minimum Gasteiger partial charge on any atom is -0.482 e. The van der Waals surface area contributed by atoms with E-state index in [2.05, 4.69) is 5.32 Å². The van der Waals surface area contributed by atoms with Crippen LogP contribution in [-0.2, 0) is 9.59 Å². The lowest BCUT2D eigenvalue weighted by Crippen LogP contribution is -2.16. The number of nitrogens with one attached hydrogen (secondary N) is 1. The Labute approximate surface area is 166 Å². The third kappa shape index (κ3) is 6.04. The molecule has 0 bridgehead atoms. The number of carboxylic acids is 2. The lowest BCUT2D eigenvalue weighted by atomic mass is 10.1. The molecule has 8 nitrogen and oxygen atoms in total. The molecule has 1 unspecified atom stereocenters. The van der Waals surface area contributed by atoms with Crippen molar-refractivity contribution in [3.8, 4) is 17.2 Å². The zero-order valence-corrected chi connectivity index (χ0v) is 15.8. The van der Waals surface area contributed by atoms with Crippen LogP contribution in [0.15, 0.2) is 42.5 Å². The number of ether oxygens (including phenoxy) is 3. The van der Waals surface area contributed by atoms with Gasteiger partial charge in [-0.15, -0.1) is 0 Å². The van der Waals surface area contributed by atoms with Crippen LogP contribution < -0.4 is 19.5 Å². The summed E-state index contributed by atoms with van der Waals surface area (Å²) in [5.74, 6) is -1.55. The van der Waals surface area contributed by atoms with E-state index in [0.29, 0.717) is 16.5 Å². The zero-order valence-electron chi connectivity index (χ0n) is 15.1. The molecule has 1 heterocycles. The molecule has 0 saturated heterocycles. The van der Waals surface area contributed by atoms with E-state index in [-0.39, 0.29) is 12.9 Å². The molecule has 2 aromatic rings. The molecule has 0 radical (unpaired) electrons. The predicted molar refractivity (Wildman–Crippen MR) is 101 cm³/mol. The van der Waals surface area contributed by atoms with Crippen molar-refractivity contribution in [2.75, 3.05) is 20.4 Å². The summed E-state index contributed by atoms with van der Waals surface area (Å²) in [5, 5.41) is 18.7. The second kappa shape index (κ2) is 10.4. The topological polar surface area (TPSA) is 114 Å². The Morgan fingerprint density at radius 1 is 1.14 bits per heavy atom. The molecule has 0 spiro atoms. The van der Waals surface area contributed by atoms with Crippen molar-refractivity contribution in [2.24, 2.45) is 0 Å². The van der Waals surface area contributed by atoms with Crippen molar-refractivity contribution in [2.45, 2.75) is 12.5 Å². The van der Waals surface area contributed by atoms with Crippen LogP contribution in [0.3, 0.4) is 0 Å². The van der Waals surface area contributed by atoms with E-state index in [1.165, 1.54) is 0 Å². The zero-order chi connectivity index (χ0) is 20.5. The Morgan fingerprint density at radius 2 is 1.82 bits per heavy atom. The smallest absolute Gasteiger partial charge is 0.414 e. The van der Waals surface area contributed by atoms with E-state index in [9.17, 15) is 0 Å². The molecule has 0 amide bonds. The molecule has 150 valence electrons. The third-order valence-electron chi connectivity index (χ3n) is 3.71. The van der Waals surface area contributed by atoms with Gasteiger partial charge in [0.15, 0.2) is 11.5 Å². The fourth-order valence-corrected chi connectivity index (χ4v) is 2.52. The summed E-state index contributed by atoms with van der Waals surface area (Å²) in [6.45, 7) is 1.08. The molecule has 2 aromatic carbocycles. The average Bonchev–Trinajstić information content (AvgIpc) is 3.16. The quantitative estimate of drug-likeness (QED) is 0.624. The number of hydrogen-bond donors (Lipinski definition) is 3. The normalized spacial score (nSPS) is 12.5. The summed E-state index contributed by atoms with van der Waals surface area (Å²) in [6, 6.07) is 13.4. The van der Waals surface area contributed by atoms with Gasteiger partial charge in [0.05, 0.1) is 0 Å². The van der Waals surface area contributed by atoms with Crippen LogP contribution in [0.2, 0.25) is 5.02 Å². The van der Waals surface area contributed by atoms with Crippen LogP contribution in [0.25, 0.3) is 0 Å². The van der Waals surface area contributed by atoms with Crippen LogP contribution in [0.4, 0.5) is 0 Å². The number of carboxylic acid groups (broad SMARTS) is 2. The number of carbonyl (C=O) groups is 2. The van der Waals surface area contributed by atoms with Crippen LogP contribution in [0, 0.1) is 0 Å². The largest absolute Gasteiger partial charge is 0.482 e. The number of hydrogen-bond acceptors (Lipinski definition) is 6. The van der Waals surface area contributed by atoms with Gasteiger partial charge in [-0.2, -0.15) is 0 Å². The summed E-state index contributed by atoms with van der Waals surface area (Å²) >= 11 is 5.97. The fraction of sp³-hybridized carbons (Fsp3) is 0.263. The maximum Gasteiger partial charge on any atom is 0.414 e. The SMILES string of the molecule is CNCCC(Oc1cccc2c1OCO2)c1ccc(Cl)cc1.O=C(O)C(=O)O. The number of benzene rings is 2. The molecule has 0 fully saturated rings. The van der Waals surface area contributed by atoms with Gasteiger partial charge in [0.2, 0.25) is 12.5 Å². The first-order valence-corrected chi connectivity index (χ1v) is 8.71. The molecule has 0 aliphatic carbocycles. The standard InChI is InChI=1S/C17H18ClNO3.C2H2O4/c1-19-10-9-14(12-5-7-13(18)8-6-12)22-16-4-2-3-15-17(16)21-11-20-15;3-1(4)2(5)6/h2-8,14,19H,9-11H2,1H3;(H,3,4)(H,5,6). The van der Waals surface area contributed by atoms with Gasteiger partial charge in [0, 0.05) is 11.4 Å². The Bertz CT molecular complexity index is 798. The van der Waals surface area contributed by atoms with Crippen LogP contribution in [0.1, 0.15) is 18.1 Å². The van der Waals surface area contributed by atoms with Crippen molar-refractivity contribution in [3.05, 3.63) is 53.1 Å². The second-order valence-electron chi connectivity index (χ2n) is 5.65. The highest BCUT2D eigenvalue weighted by molar-refractivity contribution is 6.30. The third-order valence-corrected chi connectivity index (χ3v) is 3.96. The van der Waals surface area contributed by atoms with Crippen molar-refractivity contribution in [3.63, 3.8) is 0 Å². The predicted octanol–water partition coefficient (Wildman–Crippen LogP) is 2.95. The molecule has 0 aromatic heterocycles. The van der Waals surface area contributed by atoms with Gasteiger partial charge in [-0.25, -0.2) is 9.59 Å². The first-order chi connectivity index (χ1) is 13.4. The highest BCUT2D eigenvalue weighted by atomic mass is 35.5. The summed E-state index contributed by atoms with van der Waals surface area (Å²) in [4.78, 5) is 18.2. The summed E-state index contributed by atoms with van der Waals surface area (Å²) in [7, 11) is 1.93. The molecule has 1 atom stereocenters. The number of fused-ring (bicyclic) bond motifs is 1. The van der Waals surface area contributed by atoms with Gasteiger partial charge < -0.3 is 29.7 Å². The average molecular weight is 410 g/mol. The van der Waals surface area contributed by atoms with E-state index in [1.807, 2.05) is 49.5 Å². The van der Waals surface area contributed by atoms with Crippen molar-refractivity contribution in [1.82, 2.24) is 5.32 Å². The Balaban J connectivity index is 0.000000409. The van der Waals surface area contributed by atoms with Crippen molar-refractivity contribution < 1.29 is 34.0 Å². The molecule has 1 aliphatic rings. The van der Waals surface area contributed by atoms with Crippen LogP contribution in [0.5, 0.6) is 17.2 Å². The Kier molecular flexibility index (Phi) is 7.91. The van der Waals surface area contributed by atoms with E-state index < -0.39 is 11.9 Å². The Morgan fingerprint density at radius 3 is 2.43 bits per heavy atom. The molecule has 28 heavy (non-hydrogen) atoms. The molecule has 3 rings (SSSR count). The van der Waals surface area contributed by atoms with Gasteiger partial charge in [-0.05, 0) is 43.4 Å². The van der Waals surface area contributed by atoms with E-state index in [0.717, 1.165) is 24.3 Å². The van der Waals surface area contributed by atoms with Gasteiger partial charge >= 0.3 is 11.9 Å². The lowest BCUT2D eigenvalue weighted by Gasteiger charge is -2.20. The molecule has 3 N–H and O–H groups in total. The summed E-state index contributed by atoms with van der Waals surface area (Å²) < 4.78 is 17.1. The van der Waals surface area contributed by atoms with Crippen LogP contribution >= 0.6 is 11.6 Å². The Hall–Kier alpha value is -2.97. The number of rotatable bonds is 6. The number of halogens is 1. The maximum atomic E-state index is 9.10. The number of aliphatic carboxylic acids is 2. The first kappa shape index (κ1) is 21.3. The second-order valence-corrected chi connectivity index (χ2v) is 6.09. The van der Waals surface area contributed by atoms with Gasteiger partial charge in [0.25, 0.3) is 0 Å². The lowest BCUT2D eigenvalue weighted by molar-refractivity contribution is -0.159. The first-order valence-electron chi connectivity index (χ1n) is 8.34. The fourth-order valence-electron chi connectivity index (χ4n) is 2.40. The van der Waals surface area contributed by atoms with E-state index >= 15 is 0 Å². The number of para-hydroxylation sites is 1. The van der Waals surface area contributed by atoms with E-state index in [1.54, 1.807) is 0 Å². The highest BCUT2D eigenvalue weighted by Gasteiger charge is 2.21. The molecule has 0 saturated carbocycles. The van der Waals surface area contributed by atoms with Crippen molar-refractivity contribution in [1.29, 1.82) is 0 Å². The summed E-state index contributed by atoms with van der Waals surface area (Å²) in [6.07, 6.45) is 0.753. The maximum absolute atomic E-state index is 9.10.